The van der Waals surface area contributed by atoms with Gasteiger partial charge in [0.05, 0.1) is 12.1 Å². The molecule has 1 aromatic heterocycles. The Hall–Kier alpha value is -3.00. The molecule has 1 saturated heterocycles. The molecule has 0 saturated carbocycles. The Morgan fingerprint density at radius 1 is 1.26 bits per heavy atom. The van der Waals surface area contributed by atoms with Crippen molar-refractivity contribution in [2.75, 3.05) is 32.1 Å². The Kier molecular flexibility index (Phi) is 7.57. The second-order valence-electron chi connectivity index (χ2n) is 7.62. The van der Waals surface area contributed by atoms with Gasteiger partial charge in [-0.2, -0.15) is 0 Å². The van der Waals surface area contributed by atoms with Crippen LogP contribution in [-0.2, 0) is 9.53 Å². The number of nitrogens with one attached hydrogen (secondary N) is 1. The quantitative estimate of drug-likeness (QED) is 0.697. The average molecular weight is 428 g/mol. The van der Waals surface area contributed by atoms with Crippen molar-refractivity contribution in [3.63, 3.8) is 0 Å². The van der Waals surface area contributed by atoms with Gasteiger partial charge in [-0.1, -0.05) is 30.3 Å². The van der Waals surface area contributed by atoms with Crippen LogP contribution in [0.3, 0.4) is 0 Å². The summed E-state index contributed by atoms with van der Waals surface area (Å²) in [6.07, 6.45) is 1.87. The summed E-state index contributed by atoms with van der Waals surface area (Å²) in [5, 5.41) is 3.24. The van der Waals surface area contributed by atoms with Gasteiger partial charge in [0.2, 0.25) is 11.9 Å². The highest BCUT2D eigenvalue weighted by atomic mass is 16.5. The molecule has 0 aliphatic carbocycles. The van der Waals surface area contributed by atoms with E-state index in [1.54, 1.807) is 29.2 Å². The van der Waals surface area contributed by atoms with E-state index in [1.165, 1.54) is 0 Å². The molecule has 168 valence electrons. The number of likely N-dealkylation sites (tertiary alicyclic amines) is 1. The number of likely N-dealkylation sites (N-methyl/N-ethyl adjacent to an activating group) is 1. The zero-order chi connectivity index (χ0) is 22.4. The van der Waals surface area contributed by atoms with Gasteiger partial charge < -0.3 is 19.9 Å². The Bertz CT molecular complexity index is 894. The first-order valence-electron chi connectivity index (χ1n) is 10.8. The minimum absolute atomic E-state index is 0. The number of methoxy groups -OCH3 is 1. The van der Waals surface area contributed by atoms with Crippen LogP contribution in [0, 0.1) is 0 Å². The highest BCUT2D eigenvalue weighted by Crippen LogP contribution is 2.24. The van der Waals surface area contributed by atoms with Crippen molar-refractivity contribution in [1.29, 1.82) is 0 Å². The summed E-state index contributed by atoms with van der Waals surface area (Å²) in [5.41, 5.74) is 1.35. The van der Waals surface area contributed by atoms with Gasteiger partial charge in [0, 0.05) is 40.8 Å². The van der Waals surface area contributed by atoms with E-state index in [0.717, 1.165) is 5.56 Å². The molecule has 31 heavy (non-hydrogen) atoms. The lowest BCUT2D eigenvalue weighted by atomic mass is 10.1. The summed E-state index contributed by atoms with van der Waals surface area (Å²) in [6.45, 7) is 7.45. The molecular weight excluding hydrogens is 394 g/mol. The van der Waals surface area contributed by atoms with Gasteiger partial charge in [0.1, 0.15) is 11.7 Å². The third-order valence-corrected chi connectivity index (χ3v) is 5.74. The molecule has 1 aromatic carbocycles. The van der Waals surface area contributed by atoms with Crippen LogP contribution in [-0.4, -0.2) is 70.5 Å². The molecule has 3 rings (SSSR count). The van der Waals surface area contributed by atoms with Crippen LogP contribution in [0.1, 0.15) is 50.7 Å². The maximum atomic E-state index is 13.3. The molecule has 0 radical (unpaired) electrons. The average Bonchev–Trinajstić information content (AvgIpc) is 3.24. The third-order valence-electron chi connectivity index (χ3n) is 5.74. The second kappa shape index (κ2) is 10.3. The first kappa shape index (κ1) is 22.7. The number of hydrogen-bond donors (Lipinski definition) is 1. The number of rotatable bonds is 8. The number of benzene rings is 1. The summed E-state index contributed by atoms with van der Waals surface area (Å²) >= 11 is 0. The number of hydrogen-bond acceptors (Lipinski definition) is 6. The SMILES string of the molecule is CCN(CC)C(=O)[C@@H]1CC(OC)CN1C(=O)c1ccnc(N[C@@H](C)c2ccccc2)n1.[HH]. The van der Waals surface area contributed by atoms with Crippen LogP contribution in [0.15, 0.2) is 42.6 Å². The fraction of sp³-hybridized carbons (Fsp3) is 0.478. The lowest BCUT2D eigenvalue weighted by Crippen LogP contribution is -2.47. The zero-order valence-electron chi connectivity index (χ0n) is 18.6. The number of anilines is 1. The van der Waals surface area contributed by atoms with Gasteiger partial charge in [0.15, 0.2) is 0 Å². The number of carbonyl (C=O) groups is 2. The van der Waals surface area contributed by atoms with Crippen LogP contribution in [0.2, 0.25) is 0 Å². The van der Waals surface area contributed by atoms with Gasteiger partial charge in [-0.05, 0) is 32.4 Å². The molecule has 1 aliphatic heterocycles. The highest BCUT2D eigenvalue weighted by Gasteiger charge is 2.41. The van der Waals surface area contributed by atoms with E-state index in [2.05, 4.69) is 15.3 Å². The molecule has 2 heterocycles. The van der Waals surface area contributed by atoms with Crippen LogP contribution >= 0.6 is 0 Å². The van der Waals surface area contributed by atoms with Crippen molar-refractivity contribution in [3.8, 4) is 0 Å². The monoisotopic (exact) mass is 427 g/mol. The molecule has 1 aliphatic rings. The van der Waals surface area contributed by atoms with Gasteiger partial charge in [0.25, 0.3) is 5.91 Å². The van der Waals surface area contributed by atoms with E-state index in [-0.39, 0.29) is 31.1 Å². The molecule has 2 amide bonds. The van der Waals surface area contributed by atoms with E-state index in [4.69, 9.17) is 4.74 Å². The van der Waals surface area contributed by atoms with Crippen molar-refractivity contribution < 1.29 is 15.8 Å². The van der Waals surface area contributed by atoms with Crippen molar-refractivity contribution in [3.05, 3.63) is 53.9 Å². The fourth-order valence-electron chi connectivity index (χ4n) is 3.89. The number of aromatic nitrogens is 2. The molecule has 2 aromatic rings. The Balaban J connectivity index is 0.00000363. The molecule has 0 bridgehead atoms. The predicted octanol–water partition coefficient (Wildman–Crippen LogP) is 2.99. The van der Waals surface area contributed by atoms with E-state index in [1.807, 2.05) is 51.1 Å². The van der Waals surface area contributed by atoms with Crippen LogP contribution in [0.25, 0.3) is 0 Å². The Morgan fingerprint density at radius 2 is 1.97 bits per heavy atom. The number of nitrogens with zero attached hydrogens (tertiary/aromatic N) is 4. The fourth-order valence-corrected chi connectivity index (χ4v) is 3.89. The molecule has 1 unspecified atom stereocenters. The highest BCUT2D eigenvalue weighted by molar-refractivity contribution is 5.96. The van der Waals surface area contributed by atoms with E-state index >= 15 is 0 Å². The topological polar surface area (TPSA) is 87.7 Å². The zero-order valence-corrected chi connectivity index (χ0v) is 18.6. The summed E-state index contributed by atoms with van der Waals surface area (Å²) < 4.78 is 5.47. The lowest BCUT2D eigenvalue weighted by molar-refractivity contribution is -0.135. The molecule has 0 spiro atoms. The number of amides is 2. The minimum Gasteiger partial charge on any atom is -0.380 e. The maximum Gasteiger partial charge on any atom is 0.273 e. The molecule has 3 atom stereocenters. The van der Waals surface area contributed by atoms with E-state index in [9.17, 15) is 9.59 Å². The lowest BCUT2D eigenvalue weighted by Gasteiger charge is -2.28. The predicted molar refractivity (Wildman–Crippen MR) is 121 cm³/mol. The van der Waals surface area contributed by atoms with Crippen LogP contribution in [0.5, 0.6) is 0 Å². The third kappa shape index (κ3) is 5.19. The van der Waals surface area contributed by atoms with Gasteiger partial charge in [-0.3, -0.25) is 9.59 Å². The van der Waals surface area contributed by atoms with Crippen molar-refractivity contribution >= 4 is 17.8 Å². The van der Waals surface area contributed by atoms with Gasteiger partial charge in [-0.25, -0.2) is 9.97 Å². The largest absolute Gasteiger partial charge is 0.380 e. The Labute approximate surface area is 185 Å². The van der Waals surface area contributed by atoms with Gasteiger partial charge in [-0.15, -0.1) is 0 Å². The molecular formula is C23H33N5O3. The molecule has 8 nitrogen and oxygen atoms in total. The van der Waals surface area contributed by atoms with Crippen molar-refractivity contribution in [2.45, 2.75) is 45.4 Å². The van der Waals surface area contributed by atoms with Crippen LogP contribution in [0.4, 0.5) is 5.95 Å². The Morgan fingerprint density at radius 3 is 2.61 bits per heavy atom. The summed E-state index contributed by atoms with van der Waals surface area (Å²) in [7, 11) is 1.61. The first-order valence-corrected chi connectivity index (χ1v) is 10.8. The summed E-state index contributed by atoms with van der Waals surface area (Å²) in [6, 6.07) is 11.0. The molecule has 1 N–H and O–H groups in total. The van der Waals surface area contributed by atoms with Crippen molar-refractivity contribution in [2.24, 2.45) is 0 Å². The number of ether oxygens (including phenoxy) is 1. The molecule has 1 fully saturated rings. The normalized spacial score (nSPS) is 19.2. The maximum absolute atomic E-state index is 13.3. The smallest absolute Gasteiger partial charge is 0.273 e. The van der Waals surface area contributed by atoms with E-state index < -0.39 is 6.04 Å². The van der Waals surface area contributed by atoms with Gasteiger partial charge >= 0.3 is 0 Å². The second-order valence-corrected chi connectivity index (χ2v) is 7.62. The number of carbonyl (C=O) groups excluding carboxylic acids is 2. The minimum atomic E-state index is -0.549. The summed E-state index contributed by atoms with van der Waals surface area (Å²) in [4.78, 5) is 38.4. The van der Waals surface area contributed by atoms with Crippen molar-refractivity contribution in [1.82, 2.24) is 19.8 Å². The van der Waals surface area contributed by atoms with Crippen LogP contribution < -0.4 is 5.32 Å². The summed E-state index contributed by atoms with van der Waals surface area (Å²) in [5.74, 6) is 0.0298. The molecule has 8 heteroatoms. The first-order chi connectivity index (χ1) is 15.0. The standard InChI is InChI=1S/C23H31N5O3.H2/c1-5-27(6-2)22(30)20-14-18(31-4)15-28(20)21(29)19-12-13-24-23(26-19)25-16(3)17-10-8-7-9-11-17;/h7-13,16,18,20H,5-6,14-15H2,1-4H3,(H,24,25,26);1H/t16-,18?,20-;/m0./s1. The van der Waals surface area contributed by atoms with E-state index in [0.29, 0.717) is 32.0 Å².